The van der Waals surface area contributed by atoms with Gasteiger partial charge < -0.3 is 84.2 Å². The minimum atomic E-state index is -1.82. The summed E-state index contributed by atoms with van der Waals surface area (Å²) in [6.45, 7) is 15.3. The predicted octanol–water partition coefficient (Wildman–Crippen LogP) is 0.0534. The van der Waals surface area contributed by atoms with Crippen molar-refractivity contribution >= 4 is 5.97 Å². The van der Waals surface area contributed by atoms with Gasteiger partial charge in [0, 0.05) is 0 Å². The van der Waals surface area contributed by atoms with Crippen LogP contribution in [0.25, 0.3) is 0 Å². The molecule has 370 valence electrons. The third-order valence-electron chi connectivity index (χ3n) is 19.6. The highest BCUT2D eigenvalue weighted by Gasteiger charge is 2.75. The molecule has 10 N–H and O–H groups in total. The molecule has 1 spiro atoms. The average molecular weight is 927 g/mol. The van der Waals surface area contributed by atoms with Crippen LogP contribution in [-0.2, 0) is 38.0 Å². The van der Waals surface area contributed by atoms with Crippen LogP contribution in [-0.4, -0.2) is 180 Å². The van der Waals surface area contributed by atoms with Crippen LogP contribution in [0, 0.1) is 38.9 Å². The summed E-state index contributed by atoms with van der Waals surface area (Å²) >= 11 is 0. The quantitative estimate of drug-likeness (QED) is 0.0918. The summed E-state index contributed by atoms with van der Waals surface area (Å²) < 4.78 is 43.0. The van der Waals surface area contributed by atoms with Gasteiger partial charge in [-0.2, -0.15) is 0 Å². The summed E-state index contributed by atoms with van der Waals surface area (Å²) in [4.78, 5) is 13.8. The molecule has 18 heteroatoms. The molecule has 9 fully saturated rings. The molecule has 0 amide bonds. The van der Waals surface area contributed by atoms with Gasteiger partial charge in [-0.1, -0.05) is 34.6 Å². The molecular weight excluding hydrogens is 852 g/mol. The van der Waals surface area contributed by atoms with Gasteiger partial charge in [-0.15, -0.1) is 0 Å². The molecule has 0 aromatic carbocycles. The van der Waals surface area contributed by atoms with Crippen LogP contribution >= 0.6 is 0 Å². The Hall–Kier alpha value is -1.43. The maximum Gasteiger partial charge on any atom is 0.317 e. The maximum atomic E-state index is 13.8. The molecule has 5 saturated heterocycles. The van der Waals surface area contributed by atoms with Gasteiger partial charge in [0.2, 0.25) is 0 Å². The van der Waals surface area contributed by atoms with E-state index < -0.39 is 132 Å². The first kappa shape index (κ1) is 48.6. The van der Waals surface area contributed by atoms with Gasteiger partial charge in [-0.25, -0.2) is 0 Å². The zero-order chi connectivity index (χ0) is 47.4. The van der Waals surface area contributed by atoms with Crippen molar-refractivity contribution in [2.75, 3.05) is 13.2 Å². The van der Waals surface area contributed by atoms with E-state index in [9.17, 15) is 55.9 Å². The Labute approximate surface area is 380 Å². The van der Waals surface area contributed by atoms with Crippen molar-refractivity contribution in [1.82, 2.24) is 0 Å². The number of ether oxygens (including phenoxy) is 7. The Balaban J connectivity index is 1.01. The van der Waals surface area contributed by atoms with Crippen molar-refractivity contribution < 1.29 is 89.0 Å². The molecule has 5 aliphatic carbocycles. The molecule has 10 rings (SSSR count). The van der Waals surface area contributed by atoms with E-state index >= 15 is 0 Å². The van der Waals surface area contributed by atoms with Gasteiger partial charge in [-0.3, -0.25) is 4.79 Å². The summed E-state index contributed by atoms with van der Waals surface area (Å²) in [5, 5.41) is 110. The van der Waals surface area contributed by atoms with Crippen molar-refractivity contribution in [1.29, 1.82) is 0 Å². The molecule has 65 heavy (non-hydrogen) atoms. The number of carbonyl (C=O) groups is 1. The van der Waals surface area contributed by atoms with Crippen molar-refractivity contribution in [3.8, 4) is 0 Å². The van der Waals surface area contributed by atoms with Crippen LogP contribution in [0.15, 0.2) is 11.1 Å². The Morgan fingerprint density at radius 1 is 0.677 bits per heavy atom. The van der Waals surface area contributed by atoms with Crippen LogP contribution in [0.1, 0.15) is 113 Å². The Kier molecular flexibility index (Phi) is 12.0. The number of carbonyl (C=O) groups excluding carboxylic acids is 1. The van der Waals surface area contributed by atoms with E-state index in [2.05, 4.69) is 34.6 Å². The van der Waals surface area contributed by atoms with Crippen molar-refractivity contribution in [3.63, 3.8) is 0 Å². The lowest BCUT2D eigenvalue weighted by Gasteiger charge is -2.73. The third kappa shape index (κ3) is 6.74. The number of aliphatic hydroxyl groups excluding tert-OH is 9. The molecule has 5 aliphatic heterocycles. The van der Waals surface area contributed by atoms with Gasteiger partial charge in [0.25, 0.3) is 0 Å². The first-order valence-electron chi connectivity index (χ1n) is 23.9. The number of fused-ring (bicyclic) bond motifs is 7. The molecular formula is C47H74O18. The number of hydrogen-bond donors (Lipinski definition) is 10. The van der Waals surface area contributed by atoms with E-state index in [0.717, 1.165) is 18.4 Å². The standard InChI is InChI=1S/C47H74O18/c1-20-28(51)30(53)32(55)37(60-20)64-35-34(63-38-33(56)31(54)29(52)23(18-48)61-38)22(50)19-59-39(35)62-26-10-11-42(4)24(41(26,2)3)9-12-43(5)25(42)17-21(49)27-36-46(8,58)45(7)14-16-47(36,40(57)65-45)15-13-44(27,43)6/h20-26,28-35,37-39,48-56,58H,9-19H2,1-8H3. The summed E-state index contributed by atoms with van der Waals surface area (Å²) in [6.07, 6.45) is -17.0. The molecule has 2 bridgehead atoms. The fourth-order valence-electron chi connectivity index (χ4n) is 15.3. The predicted molar refractivity (Wildman–Crippen MR) is 224 cm³/mol. The van der Waals surface area contributed by atoms with Gasteiger partial charge in [0.1, 0.15) is 72.2 Å². The SMILES string of the molecule is CC1OC(OC2C(OC3CCC4(C)C(CCC5(C)C4CC(O)C4=C6C7(CCC(C)(OC7=O)C6(C)O)CCC45C)C3(C)C)OCC(O)C2OC2OC(CO)C(O)C(O)C2O)C(O)C(O)C1O. The van der Waals surface area contributed by atoms with Gasteiger partial charge in [-0.05, 0) is 123 Å². The molecule has 10 aliphatic rings. The smallest absolute Gasteiger partial charge is 0.317 e. The van der Waals surface area contributed by atoms with Crippen LogP contribution < -0.4 is 0 Å². The molecule has 18 nitrogen and oxygen atoms in total. The first-order chi connectivity index (χ1) is 30.2. The highest BCUT2D eigenvalue weighted by molar-refractivity contribution is 5.86. The lowest BCUT2D eigenvalue weighted by Crippen LogP contribution is -2.72. The number of esters is 1. The Bertz CT molecular complexity index is 1880. The van der Waals surface area contributed by atoms with E-state index in [0.29, 0.717) is 50.5 Å². The molecule has 24 unspecified atom stereocenters. The fraction of sp³-hybridized carbons (Fsp3) is 0.936. The van der Waals surface area contributed by atoms with Crippen molar-refractivity contribution in [2.45, 2.75) is 223 Å². The van der Waals surface area contributed by atoms with Crippen LogP contribution in [0.5, 0.6) is 0 Å². The monoisotopic (exact) mass is 926 g/mol. The molecule has 24 atom stereocenters. The Morgan fingerprint density at radius 3 is 1.97 bits per heavy atom. The number of hydrogen-bond acceptors (Lipinski definition) is 18. The van der Waals surface area contributed by atoms with Crippen molar-refractivity contribution in [3.05, 3.63) is 11.1 Å². The Morgan fingerprint density at radius 2 is 1.31 bits per heavy atom. The van der Waals surface area contributed by atoms with Gasteiger partial charge >= 0.3 is 5.97 Å². The third-order valence-corrected chi connectivity index (χ3v) is 19.6. The zero-order valence-electron chi connectivity index (χ0n) is 38.9. The average Bonchev–Trinajstić information content (AvgIpc) is 3.24. The molecule has 0 aromatic rings. The van der Waals surface area contributed by atoms with E-state index in [4.69, 9.17) is 33.2 Å². The fourth-order valence-corrected chi connectivity index (χ4v) is 15.3. The van der Waals surface area contributed by atoms with E-state index in [1.807, 2.05) is 6.92 Å². The minimum absolute atomic E-state index is 0.0582. The minimum Gasteiger partial charge on any atom is -0.455 e. The number of rotatable bonds is 7. The second-order valence-corrected chi connectivity index (χ2v) is 23.0. The van der Waals surface area contributed by atoms with E-state index in [1.54, 1.807) is 6.92 Å². The lowest BCUT2D eigenvalue weighted by molar-refractivity contribution is -0.388. The van der Waals surface area contributed by atoms with Crippen molar-refractivity contribution in [2.24, 2.45) is 38.9 Å². The molecule has 0 radical (unpaired) electrons. The topological polar surface area (TPSA) is 284 Å². The summed E-state index contributed by atoms with van der Waals surface area (Å²) in [7, 11) is 0. The second kappa shape index (κ2) is 16.0. The van der Waals surface area contributed by atoms with E-state index in [1.165, 1.54) is 6.92 Å². The van der Waals surface area contributed by atoms with Crippen LogP contribution in [0.3, 0.4) is 0 Å². The molecule has 4 saturated carbocycles. The highest BCUT2D eigenvalue weighted by atomic mass is 16.8. The second-order valence-electron chi connectivity index (χ2n) is 23.0. The highest BCUT2D eigenvalue weighted by Crippen LogP contribution is 2.77. The molecule has 5 heterocycles. The summed E-state index contributed by atoms with van der Waals surface area (Å²) in [6, 6.07) is 0. The number of aliphatic hydroxyl groups is 10. The zero-order valence-corrected chi connectivity index (χ0v) is 38.9. The normalized spacial score (nSPS) is 57.4. The largest absolute Gasteiger partial charge is 0.455 e. The van der Waals surface area contributed by atoms with Crippen LogP contribution in [0.2, 0.25) is 0 Å². The lowest BCUT2D eigenvalue weighted by atomic mass is 9.33. The van der Waals surface area contributed by atoms with Gasteiger partial charge in [0.05, 0.1) is 36.9 Å². The van der Waals surface area contributed by atoms with E-state index in [-0.39, 0.29) is 35.2 Å². The summed E-state index contributed by atoms with van der Waals surface area (Å²) in [5.74, 6) is -0.158. The van der Waals surface area contributed by atoms with Gasteiger partial charge in [0.15, 0.2) is 18.9 Å². The van der Waals surface area contributed by atoms with Crippen LogP contribution in [0.4, 0.5) is 0 Å². The summed E-state index contributed by atoms with van der Waals surface area (Å²) in [5.41, 5.74) is -3.57. The maximum absolute atomic E-state index is 13.8. The first-order valence-corrected chi connectivity index (χ1v) is 23.9. The molecule has 0 aromatic heterocycles.